The Morgan fingerprint density at radius 3 is 3.21 bits per heavy atom. The van der Waals surface area contributed by atoms with Crippen molar-refractivity contribution in [3.8, 4) is 16.3 Å². The lowest BCUT2D eigenvalue weighted by Crippen LogP contribution is -1.85. The summed E-state index contributed by atoms with van der Waals surface area (Å²) in [6, 6.07) is 1.86. The van der Waals surface area contributed by atoms with E-state index in [2.05, 4.69) is 10.2 Å². The number of aldehydes is 1. The number of methoxy groups -OCH3 is 1. The molecule has 14 heavy (non-hydrogen) atoms. The molecule has 0 atom stereocenters. The van der Waals surface area contributed by atoms with Crippen molar-refractivity contribution in [1.29, 1.82) is 0 Å². The third kappa shape index (κ3) is 1.31. The van der Waals surface area contributed by atoms with E-state index in [-0.39, 0.29) is 0 Å². The quantitative estimate of drug-likeness (QED) is 0.784. The highest BCUT2D eigenvalue weighted by Gasteiger charge is 2.12. The first kappa shape index (κ1) is 8.96. The number of H-pyrrole nitrogens is 1. The number of nitrogens with one attached hydrogen (secondary N) is 1. The minimum absolute atomic E-state index is 0.547. The maximum absolute atomic E-state index is 10.7. The lowest BCUT2D eigenvalue weighted by molar-refractivity contribution is 0.112. The minimum atomic E-state index is 0.547. The average molecular weight is 208 g/mol. The molecule has 72 valence electrons. The summed E-state index contributed by atoms with van der Waals surface area (Å²) < 4.78 is 5.16. The third-order valence-corrected chi connectivity index (χ3v) is 2.78. The molecular formula is C9H8N2O2S. The lowest BCUT2D eigenvalue weighted by Gasteiger charge is -1.99. The SMILES string of the molecule is COc1ccsc1-c1[nH]ncc1C=O. The van der Waals surface area contributed by atoms with Gasteiger partial charge in [0.15, 0.2) is 6.29 Å². The van der Waals surface area contributed by atoms with E-state index in [4.69, 9.17) is 4.74 Å². The molecule has 0 spiro atoms. The predicted molar refractivity (Wildman–Crippen MR) is 53.8 cm³/mol. The van der Waals surface area contributed by atoms with Crippen LogP contribution in [-0.2, 0) is 0 Å². The van der Waals surface area contributed by atoms with Gasteiger partial charge in [-0.05, 0) is 11.4 Å². The van der Waals surface area contributed by atoms with E-state index in [0.29, 0.717) is 11.3 Å². The van der Waals surface area contributed by atoms with Gasteiger partial charge in [0.25, 0.3) is 0 Å². The molecule has 2 rings (SSSR count). The molecule has 2 aromatic rings. The Kier molecular flexibility index (Phi) is 2.32. The van der Waals surface area contributed by atoms with Gasteiger partial charge in [-0.2, -0.15) is 5.10 Å². The molecule has 2 heterocycles. The third-order valence-electron chi connectivity index (χ3n) is 1.87. The van der Waals surface area contributed by atoms with Gasteiger partial charge >= 0.3 is 0 Å². The van der Waals surface area contributed by atoms with Crippen LogP contribution in [0.5, 0.6) is 5.75 Å². The molecule has 2 aromatic heterocycles. The number of rotatable bonds is 3. The van der Waals surface area contributed by atoms with Gasteiger partial charge in [-0.25, -0.2) is 0 Å². The van der Waals surface area contributed by atoms with Crippen LogP contribution in [0.3, 0.4) is 0 Å². The predicted octanol–water partition coefficient (Wildman–Crippen LogP) is 1.96. The van der Waals surface area contributed by atoms with E-state index in [1.54, 1.807) is 7.11 Å². The van der Waals surface area contributed by atoms with Gasteiger partial charge in [-0.1, -0.05) is 0 Å². The van der Waals surface area contributed by atoms with E-state index in [1.807, 2.05) is 11.4 Å². The zero-order valence-corrected chi connectivity index (χ0v) is 8.30. The minimum Gasteiger partial charge on any atom is -0.495 e. The van der Waals surface area contributed by atoms with Crippen molar-refractivity contribution in [2.75, 3.05) is 7.11 Å². The Hall–Kier alpha value is -1.62. The molecule has 0 saturated heterocycles. The van der Waals surface area contributed by atoms with Crippen molar-refractivity contribution in [2.24, 2.45) is 0 Å². The number of ether oxygens (including phenoxy) is 1. The molecule has 0 aliphatic heterocycles. The first-order valence-corrected chi connectivity index (χ1v) is 4.85. The van der Waals surface area contributed by atoms with E-state index in [1.165, 1.54) is 17.5 Å². The van der Waals surface area contributed by atoms with Crippen molar-refractivity contribution in [2.45, 2.75) is 0 Å². The maximum atomic E-state index is 10.7. The first-order valence-electron chi connectivity index (χ1n) is 3.97. The fraction of sp³-hybridized carbons (Fsp3) is 0.111. The monoisotopic (exact) mass is 208 g/mol. The highest BCUT2D eigenvalue weighted by molar-refractivity contribution is 7.14. The number of carbonyl (C=O) groups is 1. The molecule has 0 radical (unpaired) electrons. The number of hydrogen-bond donors (Lipinski definition) is 1. The summed E-state index contributed by atoms with van der Waals surface area (Å²) in [7, 11) is 1.60. The van der Waals surface area contributed by atoms with Crippen molar-refractivity contribution in [1.82, 2.24) is 10.2 Å². The molecule has 5 heteroatoms. The van der Waals surface area contributed by atoms with Gasteiger partial charge in [0.2, 0.25) is 0 Å². The maximum Gasteiger partial charge on any atom is 0.153 e. The highest BCUT2D eigenvalue weighted by atomic mass is 32.1. The summed E-state index contributed by atoms with van der Waals surface area (Å²) >= 11 is 1.51. The van der Waals surface area contributed by atoms with Crippen LogP contribution in [0.2, 0.25) is 0 Å². The molecule has 0 aliphatic rings. The van der Waals surface area contributed by atoms with Gasteiger partial charge in [0.05, 0.1) is 29.4 Å². The normalized spacial score (nSPS) is 10.1. The molecule has 1 N–H and O–H groups in total. The molecule has 0 amide bonds. The Labute approximate surface area is 84.5 Å². The van der Waals surface area contributed by atoms with E-state index >= 15 is 0 Å². The van der Waals surface area contributed by atoms with E-state index in [9.17, 15) is 4.79 Å². The summed E-state index contributed by atoms with van der Waals surface area (Å²) in [5.41, 5.74) is 1.26. The van der Waals surface area contributed by atoms with Crippen LogP contribution < -0.4 is 4.74 Å². The molecular weight excluding hydrogens is 200 g/mol. The zero-order valence-electron chi connectivity index (χ0n) is 7.48. The highest BCUT2D eigenvalue weighted by Crippen LogP contribution is 2.35. The number of hydrogen-bond acceptors (Lipinski definition) is 4. The fourth-order valence-electron chi connectivity index (χ4n) is 1.21. The Bertz CT molecular complexity index is 447. The fourth-order valence-corrected chi connectivity index (χ4v) is 2.08. The van der Waals surface area contributed by atoms with Crippen LogP contribution in [0.25, 0.3) is 10.6 Å². The molecule has 0 unspecified atom stereocenters. The van der Waals surface area contributed by atoms with E-state index in [0.717, 1.165) is 16.9 Å². The molecule has 0 aromatic carbocycles. The number of carbonyl (C=O) groups excluding carboxylic acids is 1. The zero-order chi connectivity index (χ0) is 9.97. The second-order valence-corrected chi connectivity index (χ2v) is 3.55. The lowest BCUT2D eigenvalue weighted by atomic mass is 10.2. The number of aromatic amines is 1. The van der Waals surface area contributed by atoms with Crippen LogP contribution in [0.4, 0.5) is 0 Å². The number of thiophene rings is 1. The van der Waals surface area contributed by atoms with Gasteiger partial charge in [-0.3, -0.25) is 9.89 Å². The Morgan fingerprint density at radius 1 is 1.64 bits per heavy atom. The van der Waals surface area contributed by atoms with Crippen molar-refractivity contribution in [3.05, 3.63) is 23.2 Å². The van der Waals surface area contributed by atoms with Crippen LogP contribution in [0.1, 0.15) is 10.4 Å². The first-order chi connectivity index (χ1) is 6.86. The summed E-state index contributed by atoms with van der Waals surface area (Å²) in [5, 5.41) is 8.51. The van der Waals surface area contributed by atoms with Crippen LogP contribution in [0.15, 0.2) is 17.6 Å². The molecule has 0 aliphatic carbocycles. The van der Waals surface area contributed by atoms with Crippen LogP contribution >= 0.6 is 11.3 Å². The van der Waals surface area contributed by atoms with Gasteiger partial charge in [-0.15, -0.1) is 11.3 Å². The average Bonchev–Trinajstić information content (AvgIpc) is 2.85. The van der Waals surface area contributed by atoms with Crippen LogP contribution in [0, 0.1) is 0 Å². The van der Waals surface area contributed by atoms with Crippen molar-refractivity contribution in [3.63, 3.8) is 0 Å². The molecule has 0 fully saturated rings. The van der Waals surface area contributed by atoms with Crippen molar-refractivity contribution >= 4 is 17.6 Å². The molecule has 0 bridgehead atoms. The number of aromatic nitrogens is 2. The Morgan fingerprint density at radius 2 is 2.50 bits per heavy atom. The van der Waals surface area contributed by atoms with Crippen LogP contribution in [-0.4, -0.2) is 23.6 Å². The van der Waals surface area contributed by atoms with Gasteiger partial charge < -0.3 is 4.74 Å². The second-order valence-electron chi connectivity index (χ2n) is 2.64. The summed E-state index contributed by atoms with van der Waals surface area (Å²) in [6.07, 6.45) is 2.28. The molecule has 4 nitrogen and oxygen atoms in total. The topological polar surface area (TPSA) is 55.0 Å². The summed E-state index contributed by atoms with van der Waals surface area (Å²) in [5.74, 6) is 0.752. The standard InChI is InChI=1S/C9H8N2O2S/c1-13-7-2-3-14-9(7)8-6(5-12)4-10-11-8/h2-5H,1H3,(H,10,11). The van der Waals surface area contributed by atoms with Gasteiger partial charge in [0, 0.05) is 0 Å². The van der Waals surface area contributed by atoms with Crippen molar-refractivity contribution < 1.29 is 9.53 Å². The summed E-state index contributed by atoms with van der Waals surface area (Å²) in [4.78, 5) is 11.6. The summed E-state index contributed by atoms with van der Waals surface area (Å²) in [6.45, 7) is 0. The molecule has 0 saturated carbocycles. The Balaban J connectivity index is 2.53. The number of nitrogens with zero attached hydrogens (tertiary/aromatic N) is 1. The smallest absolute Gasteiger partial charge is 0.153 e. The van der Waals surface area contributed by atoms with E-state index < -0.39 is 0 Å². The largest absolute Gasteiger partial charge is 0.495 e. The van der Waals surface area contributed by atoms with Gasteiger partial charge in [0.1, 0.15) is 5.75 Å². The second kappa shape index (κ2) is 3.63.